The molecule has 0 unspecified atom stereocenters. The fourth-order valence-corrected chi connectivity index (χ4v) is 2.29. The van der Waals surface area contributed by atoms with Crippen LogP contribution in [0.25, 0.3) is 0 Å². The fraction of sp³-hybridized carbons (Fsp3) is 0.400. The van der Waals surface area contributed by atoms with E-state index in [4.69, 9.17) is 4.74 Å². The van der Waals surface area contributed by atoms with Gasteiger partial charge >= 0.3 is 0 Å². The molecule has 0 fully saturated rings. The van der Waals surface area contributed by atoms with Crippen molar-refractivity contribution < 1.29 is 9.53 Å². The van der Waals surface area contributed by atoms with Crippen molar-refractivity contribution in [3.8, 4) is 0 Å². The number of rotatable bonds is 7. The van der Waals surface area contributed by atoms with Crippen LogP contribution in [0.2, 0.25) is 25.7 Å². The van der Waals surface area contributed by atoms with Crippen LogP contribution >= 0.6 is 0 Å². The van der Waals surface area contributed by atoms with Gasteiger partial charge in [-0.1, -0.05) is 50.0 Å². The third-order valence-electron chi connectivity index (χ3n) is 2.49. The van der Waals surface area contributed by atoms with Gasteiger partial charge in [-0.2, -0.15) is 0 Å². The molecule has 0 aromatic heterocycles. The number of carbonyl (C=O) groups is 1. The largest absolute Gasteiger partial charge is 0.493 e. The lowest BCUT2D eigenvalue weighted by molar-refractivity contribution is -0.107. The van der Waals surface area contributed by atoms with Crippen LogP contribution < -0.4 is 0 Å². The van der Waals surface area contributed by atoms with E-state index in [0.29, 0.717) is 13.0 Å². The van der Waals surface area contributed by atoms with Crippen molar-refractivity contribution in [3.05, 3.63) is 47.7 Å². The van der Waals surface area contributed by atoms with E-state index in [2.05, 4.69) is 25.7 Å². The molecule has 0 bridgehead atoms. The molecular weight excluding hydrogens is 240 g/mol. The molecule has 0 saturated heterocycles. The van der Waals surface area contributed by atoms with E-state index in [-0.39, 0.29) is 0 Å². The minimum Gasteiger partial charge on any atom is -0.493 e. The highest BCUT2D eigenvalue weighted by molar-refractivity contribution is 6.76. The quantitative estimate of drug-likeness (QED) is 0.421. The number of hydrogen-bond acceptors (Lipinski definition) is 2. The molecular formula is C15H22O2Si. The van der Waals surface area contributed by atoms with E-state index in [1.807, 2.05) is 30.3 Å². The van der Waals surface area contributed by atoms with E-state index in [9.17, 15) is 4.79 Å². The van der Waals surface area contributed by atoms with Crippen molar-refractivity contribution in [1.29, 1.82) is 0 Å². The van der Waals surface area contributed by atoms with Crippen molar-refractivity contribution >= 4 is 14.4 Å². The second kappa shape index (κ2) is 7.16. The van der Waals surface area contributed by atoms with Gasteiger partial charge in [-0.25, -0.2) is 0 Å². The molecule has 2 nitrogen and oxygen atoms in total. The highest BCUT2D eigenvalue weighted by atomic mass is 28.3. The molecule has 0 saturated carbocycles. The van der Waals surface area contributed by atoms with Crippen molar-refractivity contribution in [3.63, 3.8) is 0 Å². The van der Waals surface area contributed by atoms with Crippen molar-refractivity contribution in [2.75, 3.05) is 0 Å². The molecule has 1 rings (SSSR count). The maximum Gasteiger partial charge on any atom is 0.127 e. The second-order valence-electron chi connectivity index (χ2n) is 5.58. The fourth-order valence-electron chi connectivity index (χ4n) is 1.45. The number of hydrogen-bond donors (Lipinski definition) is 0. The van der Waals surface area contributed by atoms with Crippen molar-refractivity contribution in [2.45, 2.75) is 38.7 Å². The van der Waals surface area contributed by atoms with Gasteiger partial charge in [0, 0.05) is 8.07 Å². The van der Waals surface area contributed by atoms with Gasteiger partial charge < -0.3 is 9.53 Å². The zero-order chi connectivity index (χ0) is 13.4. The summed E-state index contributed by atoms with van der Waals surface area (Å²) in [5.74, 6) is 0.802. The predicted octanol–water partition coefficient (Wildman–Crippen LogP) is 4.01. The number of ether oxygens (including phenoxy) is 1. The Balaban J connectivity index is 2.55. The molecule has 0 aliphatic carbocycles. The zero-order valence-electron chi connectivity index (χ0n) is 11.5. The molecule has 0 amide bonds. The summed E-state index contributed by atoms with van der Waals surface area (Å²) in [6.07, 6.45) is 3.36. The summed E-state index contributed by atoms with van der Waals surface area (Å²) in [5, 5.41) is 0. The first-order chi connectivity index (χ1) is 8.51. The lowest BCUT2D eigenvalue weighted by Crippen LogP contribution is -2.17. The third kappa shape index (κ3) is 6.40. The molecule has 0 aliphatic heterocycles. The van der Waals surface area contributed by atoms with Gasteiger partial charge in [0.15, 0.2) is 0 Å². The molecule has 0 spiro atoms. The van der Waals surface area contributed by atoms with E-state index in [1.165, 1.54) is 0 Å². The van der Waals surface area contributed by atoms with E-state index < -0.39 is 8.07 Å². The Kier molecular flexibility index (Phi) is 5.85. The second-order valence-corrected chi connectivity index (χ2v) is 11.1. The molecule has 1 aromatic rings. The van der Waals surface area contributed by atoms with Gasteiger partial charge in [-0.3, -0.25) is 0 Å². The van der Waals surface area contributed by atoms with Crippen LogP contribution in [0.5, 0.6) is 0 Å². The summed E-state index contributed by atoms with van der Waals surface area (Å²) >= 11 is 0. The predicted molar refractivity (Wildman–Crippen MR) is 78.1 cm³/mol. The molecule has 18 heavy (non-hydrogen) atoms. The average Bonchev–Trinajstić information content (AvgIpc) is 2.33. The minimum absolute atomic E-state index is 0.372. The van der Waals surface area contributed by atoms with E-state index >= 15 is 0 Å². The van der Waals surface area contributed by atoms with Crippen LogP contribution in [0, 0.1) is 0 Å². The molecule has 0 radical (unpaired) electrons. The van der Waals surface area contributed by atoms with Crippen LogP contribution in [0.1, 0.15) is 12.0 Å². The summed E-state index contributed by atoms with van der Waals surface area (Å²) in [5.41, 5.74) is 1.13. The number of allylic oxidation sites excluding steroid dienone is 2. The molecule has 0 aliphatic rings. The van der Waals surface area contributed by atoms with Crippen LogP contribution in [-0.4, -0.2) is 14.4 Å². The number of carbonyl (C=O) groups excluding carboxylic acids is 1. The van der Waals surface area contributed by atoms with Crippen molar-refractivity contribution in [1.82, 2.24) is 0 Å². The first-order valence-electron chi connectivity index (χ1n) is 6.31. The Bertz CT molecular complexity index is 391. The Hall–Kier alpha value is -1.35. The highest BCUT2D eigenvalue weighted by Gasteiger charge is 2.11. The SMILES string of the molecule is C[Si](C)(C)C/C=C(\CC=O)OCc1ccccc1. The van der Waals surface area contributed by atoms with E-state index in [1.54, 1.807) is 0 Å². The van der Waals surface area contributed by atoms with Gasteiger partial charge in [-0.05, 0) is 17.7 Å². The van der Waals surface area contributed by atoms with Gasteiger partial charge in [0.25, 0.3) is 0 Å². The van der Waals surface area contributed by atoms with Crippen LogP contribution in [0.15, 0.2) is 42.2 Å². The summed E-state index contributed by atoms with van der Waals surface area (Å²) in [4.78, 5) is 10.6. The average molecular weight is 262 g/mol. The summed E-state index contributed by atoms with van der Waals surface area (Å²) < 4.78 is 5.72. The number of aldehydes is 1. The van der Waals surface area contributed by atoms with Gasteiger partial charge in [0.2, 0.25) is 0 Å². The summed E-state index contributed by atoms with van der Waals surface area (Å²) in [6, 6.07) is 11.1. The summed E-state index contributed by atoms with van der Waals surface area (Å²) in [6.45, 7) is 7.45. The van der Waals surface area contributed by atoms with Gasteiger partial charge in [0.1, 0.15) is 12.9 Å². The zero-order valence-corrected chi connectivity index (χ0v) is 12.5. The molecule has 0 heterocycles. The molecule has 98 valence electrons. The lowest BCUT2D eigenvalue weighted by atomic mass is 10.2. The Morgan fingerprint density at radius 1 is 1.22 bits per heavy atom. The smallest absolute Gasteiger partial charge is 0.127 e. The Morgan fingerprint density at radius 3 is 2.44 bits per heavy atom. The first kappa shape index (κ1) is 14.7. The van der Waals surface area contributed by atoms with Crippen LogP contribution in [0.4, 0.5) is 0 Å². The molecule has 1 aromatic carbocycles. The minimum atomic E-state index is -1.13. The Labute approximate surface area is 111 Å². The lowest BCUT2D eigenvalue weighted by Gasteiger charge is -2.14. The summed E-state index contributed by atoms with van der Waals surface area (Å²) in [7, 11) is -1.13. The van der Waals surface area contributed by atoms with Gasteiger partial charge in [-0.15, -0.1) is 0 Å². The highest BCUT2D eigenvalue weighted by Crippen LogP contribution is 2.14. The molecule has 0 N–H and O–H groups in total. The van der Waals surface area contributed by atoms with Crippen LogP contribution in [-0.2, 0) is 16.1 Å². The standard InChI is InChI=1S/C15H22O2Si/c1-18(2,3)12-10-15(9-11-16)17-13-14-7-5-4-6-8-14/h4-8,10-11H,9,12-13H2,1-3H3/b15-10+. The van der Waals surface area contributed by atoms with Crippen molar-refractivity contribution in [2.24, 2.45) is 0 Å². The van der Waals surface area contributed by atoms with E-state index in [0.717, 1.165) is 23.7 Å². The topological polar surface area (TPSA) is 26.3 Å². The normalized spacial score (nSPS) is 12.3. The van der Waals surface area contributed by atoms with Gasteiger partial charge in [0.05, 0.1) is 12.2 Å². The Morgan fingerprint density at radius 2 is 1.89 bits per heavy atom. The first-order valence-corrected chi connectivity index (χ1v) is 10.0. The maximum atomic E-state index is 10.6. The third-order valence-corrected chi connectivity index (χ3v) is 3.92. The maximum absolute atomic E-state index is 10.6. The monoisotopic (exact) mass is 262 g/mol. The number of benzene rings is 1. The van der Waals surface area contributed by atoms with Crippen LogP contribution in [0.3, 0.4) is 0 Å². The molecule has 3 heteroatoms. The molecule has 0 atom stereocenters.